The van der Waals surface area contributed by atoms with Crippen LogP contribution in [0.3, 0.4) is 0 Å². The van der Waals surface area contributed by atoms with Gasteiger partial charge in [0.05, 0.1) is 24.2 Å². The smallest absolute Gasteiger partial charge is 0.350 e. The first-order chi connectivity index (χ1) is 20.0. The van der Waals surface area contributed by atoms with Crippen molar-refractivity contribution in [3.63, 3.8) is 0 Å². The van der Waals surface area contributed by atoms with Crippen molar-refractivity contribution in [3.8, 4) is 0 Å². The van der Waals surface area contributed by atoms with Gasteiger partial charge in [0.2, 0.25) is 11.8 Å². The molecule has 1 saturated heterocycles. The van der Waals surface area contributed by atoms with Crippen molar-refractivity contribution in [3.05, 3.63) is 71.3 Å². The number of piperazine rings is 1. The molecule has 41 heavy (non-hydrogen) atoms. The zero-order valence-electron chi connectivity index (χ0n) is 22.1. The van der Waals surface area contributed by atoms with Gasteiger partial charge in [-0.15, -0.1) is 10.2 Å². The van der Waals surface area contributed by atoms with Gasteiger partial charge in [-0.05, 0) is 16.9 Å². The summed E-state index contributed by atoms with van der Waals surface area (Å²) in [5.74, 6) is 0.209. The number of alkyl halides is 2. The third-order valence-electron chi connectivity index (χ3n) is 7.85. The molecule has 3 atom stereocenters. The van der Waals surface area contributed by atoms with Gasteiger partial charge in [0.15, 0.2) is 5.82 Å². The molecule has 1 fully saturated rings. The molecule has 1 amide bonds. The molecule has 0 aliphatic carbocycles. The van der Waals surface area contributed by atoms with E-state index in [-0.39, 0.29) is 28.8 Å². The minimum absolute atomic E-state index is 0.0969. The summed E-state index contributed by atoms with van der Waals surface area (Å²) in [6, 6.07) is 8.74. The Labute approximate surface area is 234 Å². The second-order valence-corrected chi connectivity index (χ2v) is 10.3. The van der Waals surface area contributed by atoms with Gasteiger partial charge in [-0.1, -0.05) is 35.1 Å². The fourth-order valence-electron chi connectivity index (χ4n) is 5.79. The number of aldehydes is 1. The number of aromatic nitrogens is 5. The number of halogens is 2. The Morgan fingerprint density at radius 2 is 2.10 bits per heavy atom. The number of nitrogens with zero attached hydrogens (tertiary/aromatic N) is 8. The standard InChI is InChI=1S/C27H29F2N9O3/c28-26(29)38-34-23(33-35-38)22(18-4-2-1-3-5-18)20-16-31-11-13-37(20)25(40)27(7-9-30-10-8-27)24-32-19-17-36(14-15-39)12-6-21(19)41-24/h1-5,7,9-10,15,20,22,26,31H,6,8,11-14,16-17H2. The lowest BCUT2D eigenvalue weighted by molar-refractivity contribution is -0.140. The van der Waals surface area contributed by atoms with Crippen LogP contribution in [0.2, 0.25) is 0 Å². The van der Waals surface area contributed by atoms with Crippen LogP contribution in [-0.2, 0) is 28.0 Å². The van der Waals surface area contributed by atoms with Gasteiger partial charge in [-0.25, -0.2) is 4.98 Å². The lowest BCUT2D eigenvalue weighted by Crippen LogP contribution is -2.60. The minimum Gasteiger partial charge on any atom is -0.444 e. The summed E-state index contributed by atoms with van der Waals surface area (Å²) in [6.07, 6.45) is 6.65. The number of hydrogen-bond donors (Lipinski definition) is 1. The van der Waals surface area contributed by atoms with Crippen LogP contribution in [0.25, 0.3) is 0 Å². The first-order valence-electron chi connectivity index (χ1n) is 13.5. The lowest BCUT2D eigenvalue weighted by atomic mass is 9.79. The number of benzene rings is 1. The average Bonchev–Trinajstić information content (AvgIpc) is 3.67. The van der Waals surface area contributed by atoms with E-state index in [1.165, 1.54) is 0 Å². The van der Waals surface area contributed by atoms with E-state index in [1.54, 1.807) is 23.4 Å². The second-order valence-electron chi connectivity index (χ2n) is 10.3. The molecule has 12 nitrogen and oxygen atoms in total. The van der Waals surface area contributed by atoms with Crippen LogP contribution in [0.5, 0.6) is 0 Å². The second kappa shape index (κ2) is 11.4. The molecular formula is C27H29F2N9O3. The summed E-state index contributed by atoms with van der Waals surface area (Å²) in [4.78, 5) is 38.8. The van der Waals surface area contributed by atoms with Crippen LogP contribution in [0.4, 0.5) is 8.78 Å². The maximum Gasteiger partial charge on any atom is 0.350 e. The Kier molecular flexibility index (Phi) is 7.49. The average molecular weight is 566 g/mol. The molecule has 1 aromatic carbocycles. The summed E-state index contributed by atoms with van der Waals surface area (Å²) in [5, 5.41) is 14.9. The van der Waals surface area contributed by atoms with Crippen LogP contribution >= 0.6 is 0 Å². The number of oxazole rings is 1. The zero-order valence-corrected chi connectivity index (χ0v) is 22.1. The number of carbonyl (C=O) groups excluding carboxylic acids is 2. The fourth-order valence-corrected chi connectivity index (χ4v) is 5.79. The number of fused-ring (bicyclic) bond motifs is 1. The van der Waals surface area contributed by atoms with E-state index in [4.69, 9.17) is 9.40 Å². The van der Waals surface area contributed by atoms with Crippen LogP contribution in [0.15, 0.2) is 52.0 Å². The summed E-state index contributed by atoms with van der Waals surface area (Å²) >= 11 is 0. The highest BCUT2D eigenvalue weighted by Gasteiger charge is 2.49. The lowest BCUT2D eigenvalue weighted by Gasteiger charge is -2.43. The molecule has 3 aliphatic heterocycles. The number of carbonyl (C=O) groups is 2. The number of tetrazole rings is 1. The summed E-state index contributed by atoms with van der Waals surface area (Å²) < 4.78 is 33.1. The number of amides is 1. The third kappa shape index (κ3) is 5.08. The predicted molar refractivity (Wildman–Crippen MR) is 141 cm³/mol. The van der Waals surface area contributed by atoms with E-state index in [2.05, 4.69) is 25.7 Å². The molecule has 1 N–H and O–H groups in total. The highest BCUT2D eigenvalue weighted by atomic mass is 19.3. The van der Waals surface area contributed by atoms with Crippen LogP contribution in [0.1, 0.15) is 47.6 Å². The number of nitrogens with one attached hydrogen (secondary N) is 1. The van der Waals surface area contributed by atoms with Crippen molar-refractivity contribution in [2.45, 2.75) is 43.3 Å². The van der Waals surface area contributed by atoms with Gasteiger partial charge in [0.25, 0.3) is 0 Å². The van der Waals surface area contributed by atoms with E-state index >= 15 is 0 Å². The van der Waals surface area contributed by atoms with Gasteiger partial charge in [0.1, 0.15) is 17.5 Å². The summed E-state index contributed by atoms with van der Waals surface area (Å²) in [6.45, 7) is -0.255. The maximum absolute atomic E-state index is 14.7. The molecule has 0 spiro atoms. The monoisotopic (exact) mass is 565 g/mol. The van der Waals surface area contributed by atoms with E-state index in [0.717, 1.165) is 11.8 Å². The van der Waals surface area contributed by atoms with Crippen molar-refractivity contribution in [1.82, 2.24) is 40.3 Å². The van der Waals surface area contributed by atoms with Gasteiger partial charge in [-0.2, -0.15) is 8.78 Å². The molecule has 0 radical (unpaired) electrons. The van der Waals surface area contributed by atoms with Gasteiger partial charge >= 0.3 is 6.55 Å². The number of rotatable bonds is 8. The first kappa shape index (κ1) is 27.0. The third-order valence-corrected chi connectivity index (χ3v) is 7.85. The molecule has 0 saturated carbocycles. The molecule has 3 aliphatic rings. The molecule has 3 unspecified atom stereocenters. The minimum atomic E-state index is -2.94. The van der Waals surface area contributed by atoms with E-state index < -0.39 is 23.9 Å². The van der Waals surface area contributed by atoms with Crippen LogP contribution in [-0.4, -0.2) is 92.2 Å². The van der Waals surface area contributed by atoms with Gasteiger partial charge in [0, 0.05) is 58.0 Å². The Balaban J connectivity index is 1.39. The molecule has 2 aromatic heterocycles. The van der Waals surface area contributed by atoms with Crippen LogP contribution in [0, 0.1) is 0 Å². The molecular weight excluding hydrogens is 536 g/mol. The summed E-state index contributed by atoms with van der Waals surface area (Å²) in [7, 11) is 0. The van der Waals surface area contributed by atoms with E-state index in [1.807, 2.05) is 35.2 Å². The number of hydrogen-bond acceptors (Lipinski definition) is 10. The quantitative estimate of drug-likeness (QED) is 0.403. The first-order valence-corrected chi connectivity index (χ1v) is 13.5. The predicted octanol–water partition coefficient (Wildman–Crippen LogP) is 1.47. The van der Waals surface area contributed by atoms with Crippen molar-refractivity contribution in [2.75, 3.05) is 32.7 Å². The molecule has 214 valence electrons. The van der Waals surface area contributed by atoms with Crippen molar-refractivity contribution in [1.29, 1.82) is 0 Å². The van der Waals surface area contributed by atoms with Crippen LogP contribution < -0.4 is 5.32 Å². The molecule has 6 rings (SSSR count). The normalized spacial score (nSPS) is 23.5. The highest BCUT2D eigenvalue weighted by molar-refractivity contribution is 5.93. The van der Waals surface area contributed by atoms with Crippen molar-refractivity contribution in [2.24, 2.45) is 4.99 Å². The highest BCUT2D eigenvalue weighted by Crippen LogP contribution is 2.38. The Morgan fingerprint density at radius 3 is 2.83 bits per heavy atom. The zero-order chi connectivity index (χ0) is 28.4. The Morgan fingerprint density at radius 1 is 1.24 bits per heavy atom. The Bertz CT molecular complexity index is 1460. The topological polar surface area (TPSA) is 135 Å². The molecule has 0 bridgehead atoms. The molecule has 5 heterocycles. The SMILES string of the molecule is O=CCN1CCc2oc(C3(C(=O)N4CCNCC4C(c4ccccc4)c4nnn(C(F)F)n4)C=CN=CC3)nc2C1. The van der Waals surface area contributed by atoms with E-state index in [9.17, 15) is 18.4 Å². The van der Waals surface area contributed by atoms with Crippen molar-refractivity contribution >= 4 is 18.4 Å². The largest absolute Gasteiger partial charge is 0.444 e. The van der Waals surface area contributed by atoms with Crippen molar-refractivity contribution < 1.29 is 22.8 Å². The molecule has 3 aromatic rings. The maximum atomic E-state index is 14.7. The Hall–Kier alpha value is -4.17. The van der Waals surface area contributed by atoms with E-state index in [0.29, 0.717) is 57.1 Å². The number of aliphatic imine (C=N–C) groups is 1. The van der Waals surface area contributed by atoms with Gasteiger partial charge in [-0.3, -0.25) is 14.7 Å². The molecule has 14 heteroatoms. The fraction of sp³-hybridized carbons (Fsp3) is 0.444. The van der Waals surface area contributed by atoms with Gasteiger partial charge < -0.3 is 19.4 Å². The summed E-state index contributed by atoms with van der Waals surface area (Å²) in [5.41, 5.74) is 0.229.